The van der Waals surface area contributed by atoms with E-state index >= 15 is 0 Å². The number of anilines is 1. The zero-order chi connectivity index (χ0) is 26.3. The van der Waals surface area contributed by atoms with Crippen molar-refractivity contribution in [2.45, 2.75) is 44.5 Å². The second kappa shape index (κ2) is 9.81. The molecule has 0 spiro atoms. The number of aliphatic hydroxyl groups excluding tert-OH is 1. The molecular formula is C27H28F3N3O4. The Bertz CT molecular complexity index is 1230. The van der Waals surface area contributed by atoms with Crippen molar-refractivity contribution >= 4 is 23.4 Å². The van der Waals surface area contributed by atoms with Gasteiger partial charge in [0.25, 0.3) is 11.8 Å². The summed E-state index contributed by atoms with van der Waals surface area (Å²) < 4.78 is 39.4. The van der Waals surface area contributed by atoms with Crippen LogP contribution in [0.3, 0.4) is 0 Å². The molecule has 0 aliphatic carbocycles. The van der Waals surface area contributed by atoms with Crippen molar-refractivity contribution < 1.29 is 32.7 Å². The maximum Gasteiger partial charge on any atom is 0.416 e. The van der Waals surface area contributed by atoms with Crippen molar-refractivity contribution in [1.82, 2.24) is 9.80 Å². The van der Waals surface area contributed by atoms with Gasteiger partial charge in [-0.3, -0.25) is 19.3 Å². The number of halogens is 3. The first-order valence-electron chi connectivity index (χ1n) is 12.5. The first-order chi connectivity index (χ1) is 17.6. The average Bonchev–Trinajstić information content (AvgIpc) is 3.13. The number of nitrogens with zero attached hydrogens (tertiary/aromatic N) is 3. The first-order valence-corrected chi connectivity index (χ1v) is 12.5. The van der Waals surface area contributed by atoms with E-state index < -0.39 is 29.7 Å². The number of hydrogen-bond donors (Lipinski definition) is 1. The molecule has 3 aliphatic rings. The maximum absolute atomic E-state index is 13.4. The van der Waals surface area contributed by atoms with Gasteiger partial charge in [0.1, 0.15) is 0 Å². The summed E-state index contributed by atoms with van der Waals surface area (Å²) in [4.78, 5) is 44.3. The molecule has 2 fully saturated rings. The molecule has 2 atom stereocenters. The Labute approximate surface area is 212 Å². The lowest BCUT2D eigenvalue weighted by molar-refractivity contribution is -0.139. The Kier molecular flexibility index (Phi) is 6.70. The number of hydrogen-bond acceptors (Lipinski definition) is 5. The van der Waals surface area contributed by atoms with E-state index in [1.165, 1.54) is 12.1 Å². The highest BCUT2D eigenvalue weighted by atomic mass is 19.4. The summed E-state index contributed by atoms with van der Waals surface area (Å²) in [6.07, 6.45) is -2.17. The number of amides is 3. The molecule has 0 unspecified atom stereocenters. The lowest BCUT2D eigenvalue weighted by Gasteiger charge is -2.38. The Morgan fingerprint density at radius 2 is 1.73 bits per heavy atom. The van der Waals surface area contributed by atoms with Crippen LogP contribution in [0.1, 0.15) is 57.5 Å². The molecule has 37 heavy (non-hydrogen) atoms. The predicted molar refractivity (Wildman–Crippen MR) is 129 cm³/mol. The third-order valence-corrected chi connectivity index (χ3v) is 7.39. The van der Waals surface area contributed by atoms with Crippen LogP contribution < -0.4 is 4.90 Å². The van der Waals surface area contributed by atoms with Crippen LogP contribution in [0.5, 0.6) is 0 Å². The second-order valence-electron chi connectivity index (χ2n) is 9.96. The second-order valence-corrected chi connectivity index (χ2v) is 9.96. The van der Waals surface area contributed by atoms with E-state index in [-0.39, 0.29) is 35.1 Å². The topological polar surface area (TPSA) is 81.2 Å². The van der Waals surface area contributed by atoms with E-state index in [1.807, 2.05) is 4.90 Å². The number of rotatable bonds is 4. The van der Waals surface area contributed by atoms with Crippen molar-refractivity contribution in [3.63, 3.8) is 0 Å². The van der Waals surface area contributed by atoms with Crippen LogP contribution in [-0.4, -0.2) is 64.9 Å². The van der Waals surface area contributed by atoms with Crippen molar-refractivity contribution in [1.29, 1.82) is 0 Å². The minimum Gasteiger partial charge on any atom is -0.391 e. The molecule has 0 radical (unpaired) electrons. The zero-order valence-corrected chi connectivity index (χ0v) is 20.2. The first kappa shape index (κ1) is 25.3. The molecular weight excluding hydrogens is 487 g/mol. The fraction of sp³-hybridized carbons (Fsp3) is 0.444. The molecule has 2 saturated heterocycles. The lowest BCUT2D eigenvalue weighted by Crippen LogP contribution is -2.49. The Morgan fingerprint density at radius 3 is 2.49 bits per heavy atom. The molecule has 3 aliphatic heterocycles. The molecule has 1 N–H and O–H groups in total. The fourth-order valence-electron chi connectivity index (χ4n) is 5.56. The lowest BCUT2D eigenvalue weighted by atomic mass is 9.94. The number of alkyl halides is 3. The van der Waals surface area contributed by atoms with Crippen LogP contribution in [0.25, 0.3) is 0 Å². The normalized spacial score (nSPS) is 22.4. The highest BCUT2D eigenvalue weighted by molar-refractivity contribution is 6.23. The summed E-state index contributed by atoms with van der Waals surface area (Å²) in [5.41, 5.74) is 0.354. The van der Waals surface area contributed by atoms with E-state index in [0.29, 0.717) is 44.7 Å². The van der Waals surface area contributed by atoms with Crippen LogP contribution in [0.4, 0.5) is 18.9 Å². The van der Waals surface area contributed by atoms with Gasteiger partial charge in [-0.05, 0) is 55.5 Å². The highest BCUT2D eigenvalue weighted by Gasteiger charge is 2.40. The number of aliphatic hydroxyl groups is 1. The summed E-state index contributed by atoms with van der Waals surface area (Å²) in [6.45, 7) is 1.67. The van der Waals surface area contributed by atoms with Gasteiger partial charge in [0.2, 0.25) is 5.91 Å². The molecule has 3 heterocycles. The fourth-order valence-corrected chi connectivity index (χ4v) is 5.56. The molecule has 10 heteroatoms. The molecule has 196 valence electrons. The summed E-state index contributed by atoms with van der Waals surface area (Å²) in [5, 5.41) is 9.97. The molecule has 2 aromatic rings. The van der Waals surface area contributed by atoms with E-state index in [4.69, 9.17) is 0 Å². The van der Waals surface area contributed by atoms with Gasteiger partial charge in [0.15, 0.2) is 0 Å². The summed E-state index contributed by atoms with van der Waals surface area (Å²) in [6, 6.07) is 9.58. The average molecular weight is 516 g/mol. The number of piperidine rings is 2. The molecule has 0 bridgehead atoms. The van der Waals surface area contributed by atoms with Crippen molar-refractivity contribution in [2.24, 2.45) is 5.92 Å². The standard InChI is InChI=1S/C27H28F3N3O4/c28-27(29,30)19-7-1-5-17(13-19)14-33-25(36)21-9-2-10-22(23(21)26(33)37)31-11-3-6-18(15-31)24(35)32-12-4-8-20(34)16-32/h1-2,5,7,9-10,13,18,20,34H,3-4,6,8,11-12,14-16H2/t18-,20+/m1/s1. The summed E-state index contributed by atoms with van der Waals surface area (Å²) in [7, 11) is 0. The van der Waals surface area contributed by atoms with E-state index in [1.54, 1.807) is 23.1 Å². The molecule has 0 aromatic heterocycles. The number of fused-ring (bicyclic) bond motifs is 1. The van der Waals surface area contributed by atoms with Gasteiger partial charge >= 0.3 is 6.18 Å². The summed E-state index contributed by atoms with van der Waals surface area (Å²) in [5.74, 6) is -1.40. The number of imide groups is 1. The van der Waals surface area contributed by atoms with Crippen LogP contribution in [-0.2, 0) is 17.5 Å². The monoisotopic (exact) mass is 515 g/mol. The predicted octanol–water partition coefficient (Wildman–Crippen LogP) is 3.70. The Balaban J connectivity index is 1.36. The van der Waals surface area contributed by atoms with Gasteiger partial charge in [-0.2, -0.15) is 13.2 Å². The third-order valence-electron chi connectivity index (χ3n) is 7.39. The number of β-amino-alcohol motifs (C(OH)–C–C–N with tert-alkyl or cyclic N) is 1. The van der Waals surface area contributed by atoms with Gasteiger partial charge in [-0.1, -0.05) is 18.2 Å². The van der Waals surface area contributed by atoms with Gasteiger partial charge < -0.3 is 14.9 Å². The molecule has 2 aromatic carbocycles. The van der Waals surface area contributed by atoms with Crippen molar-refractivity contribution in [3.8, 4) is 0 Å². The molecule has 0 saturated carbocycles. The largest absolute Gasteiger partial charge is 0.416 e. The van der Waals surface area contributed by atoms with Crippen LogP contribution >= 0.6 is 0 Å². The Morgan fingerprint density at radius 1 is 0.973 bits per heavy atom. The highest BCUT2D eigenvalue weighted by Crippen LogP contribution is 2.36. The zero-order valence-electron chi connectivity index (χ0n) is 20.2. The van der Waals surface area contributed by atoms with Crippen LogP contribution in [0.2, 0.25) is 0 Å². The van der Waals surface area contributed by atoms with Gasteiger partial charge in [0.05, 0.1) is 40.9 Å². The van der Waals surface area contributed by atoms with Crippen molar-refractivity contribution in [3.05, 3.63) is 64.7 Å². The van der Waals surface area contributed by atoms with Gasteiger partial charge in [-0.15, -0.1) is 0 Å². The van der Waals surface area contributed by atoms with Gasteiger partial charge in [0, 0.05) is 26.2 Å². The molecule has 3 amide bonds. The maximum atomic E-state index is 13.4. The SMILES string of the molecule is O=C([C@@H]1CCCN(c2cccc3c2C(=O)N(Cc2cccc(C(F)(F)F)c2)C3=O)C1)N1CCC[C@H](O)C1. The summed E-state index contributed by atoms with van der Waals surface area (Å²) >= 11 is 0. The number of carbonyl (C=O) groups excluding carboxylic acids is 3. The van der Waals surface area contributed by atoms with Gasteiger partial charge in [-0.25, -0.2) is 0 Å². The minimum atomic E-state index is -4.53. The van der Waals surface area contributed by atoms with Crippen LogP contribution in [0, 0.1) is 5.92 Å². The number of carbonyl (C=O) groups is 3. The molecule has 5 rings (SSSR count). The van der Waals surface area contributed by atoms with E-state index in [9.17, 15) is 32.7 Å². The van der Waals surface area contributed by atoms with Crippen LogP contribution in [0.15, 0.2) is 42.5 Å². The third kappa shape index (κ3) is 4.94. The minimum absolute atomic E-state index is 0.00963. The number of benzene rings is 2. The smallest absolute Gasteiger partial charge is 0.391 e. The van der Waals surface area contributed by atoms with E-state index in [0.717, 1.165) is 29.9 Å². The van der Waals surface area contributed by atoms with Crippen molar-refractivity contribution in [2.75, 3.05) is 31.1 Å². The quantitative estimate of drug-likeness (QED) is 0.629. The van der Waals surface area contributed by atoms with E-state index in [2.05, 4.69) is 0 Å². The number of likely N-dealkylation sites (tertiary alicyclic amines) is 1. The Hall–Kier alpha value is -3.40. The molecule has 7 nitrogen and oxygen atoms in total.